The maximum absolute atomic E-state index is 12.5. The summed E-state index contributed by atoms with van der Waals surface area (Å²) in [6.45, 7) is 3.90. The number of pyridine rings is 1. The Labute approximate surface area is 166 Å². The summed E-state index contributed by atoms with van der Waals surface area (Å²) in [6, 6.07) is 14.0. The number of nitrogens with zero attached hydrogens (tertiary/aromatic N) is 2. The number of aromatic amines is 1. The summed E-state index contributed by atoms with van der Waals surface area (Å²) >= 11 is 0. The Balaban J connectivity index is 1.60. The maximum Gasteiger partial charge on any atom is 0.261 e. The van der Waals surface area contributed by atoms with E-state index in [2.05, 4.69) is 15.3 Å². The van der Waals surface area contributed by atoms with Gasteiger partial charge in [0, 0.05) is 17.1 Å². The van der Waals surface area contributed by atoms with E-state index in [4.69, 9.17) is 0 Å². The monoisotopic (exact) mass is 388 g/mol. The number of amides is 1. The lowest BCUT2D eigenvalue weighted by molar-refractivity contribution is -0.116. The molecule has 4 aromatic rings. The molecule has 0 bridgehead atoms. The summed E-state index contributed by atoms with van der Waals surface area (Å²) in [4.78, 5) is 44.0. The molecule has 2 aromatic heterocycles. The predicted octanol–water partition coefficient (Wildman–Crippen LogP) is 3.00. The van der Waals surface area contributed by atoms with Crippen LogP contribution in [0, 0.1) is 0 Å². The minimum atomic E-state index is -0.356. The zero-order valence-corrected chi connectivity index (χ0v) is 16.1. The Morgan fingerprint density at radius 3 is 2.69 bits per heavy atom. The predicted molar refractivity (Wildman–Crippen MR) is 113 cm³/mol. The van der Waals surface area contributed by atoms with Crippen LogP contribution in [0.2, 0.25) is 0 Å². The third-order valence-corrected chi connectivity index (χ3v) is 4.83. The van der Waals surface area contributed by atoms with Gasteiger partial charge in [-0.15, -0.1) is 0 Å². The van der Waals surface area contributed by atoms with Crippen molar-refractivity contribution in [2.75, 3.05) is 5.32 Å². The summed E-state index contributed by atoms with van der Waals surface area (Å²) < 4.78 is 1.28. The van der Waals surface area contributed by atoms with E-state index < -0.39 is 0 Å². The number of carbonyl (C=O) groups is 1. The average molecular weight is 388 g/mol. The second-order valence-electron chi connectivity index (χ2n) is 7.25. The molecule has 7 heteroatoms. The Morgan fingerprint density at radius 2 is 1.90 bits per heavy atom. The standard InChI is InChI=1S/C22H20N4O3/c1-13(2)17-10-20(27)25-19-9-14(7-8-15(17)19)24-21(28)11-26-12-23-18-6-4-3-5-16(18)22(26)29/h3-10,12-13H,11H2,1-2H3,(H,24,28)(H,25,27). The van der Waals surface area contributed by atoms with Crippen LogP contribution in [0.25, 0.3) is 21.8 Å². The molecule has 0 aliphatic rings. The van der Waals surface area contributed by atoms with E-state index in [1.807, 2.05) is 19.9 Å². The molecule has 0 atom stereocenters. The van der Waals surface area contributed by atoms with Crippen LogP contribution < -0.4 is 16.4 Å². The number of hydrogen-bond donors (Lipinski definition) is 2. The van der Waals surface area contributed by atoms with Gasteiger partial charge in [0.15, 0.2) is 0 Å². The van der Waals surface area contributed by atoms with Gasteiger partial charge in [0.05, 0.1) is 22.7 Å². The van der Waals surface area contributed by atoms with Crippen molar-refractivity contribution in [2.24, 2.45) is 0 Å². The number of benzene rings is 2. The van der Waals surface area contributed by atoms with Crippen LogP contribution in [0.4, 0.5) is 5.69 Å². The van der Waals surface area contributed by atoms with Crippen molar-refractivity contribution in [1.82, 2.24) is 14.5 Å². The topological polar surface area (TPSA) is 96.8 Å². The number of H-pyrrole nitrogens is 1. The average Bonchev–Trinajstić information content (AvgIpc) is 2.69. The van der Waals surface area contributed by atoms with Gasteiger partial charge in [-0.3, -0.25) is 19.0 Å². The number of hydrogen-bond acceptors (Lipinski definition) is 4. The van der Waals surface area contributed by atoms with Crippen molar-refractivity contribution < 1.29 is 4.79 Å². The summed E-state index contributed by atoms with van der Waals surface area (Å²) in [7, 11) is 0. The molecule has 0 aliphatic carbocycles. The molecule has 1 amide bonds. The van der Waals surface area contributed by atoms with E-state index in [9.17, 15) is 14.4 Å². The maximum atomic E-state index is 12.5. The molecule has 0 fully saturated rings. The van der Waals surface area contributed by atoms with E-state index >= 15 is 0 Å². The summed E-state index contributed by atoms with van der Waals surface area (Å²) in [5.74, 6) is -0.154. The highest BCUT2D eigenvalue weighted by atomic mass is 16.2. The van der Waals surface area contributed by atoms with Gasteiger partial charge >= 0.3 is 0 Å². The molecule has 2 heterocycles. The van der Waals surface area contributed by atoms with Gasteiger partial charge in [-0.2, -0.15) is 0 Å². The van der Waals surface area contributed by atoms with Crippen molar-refractivity contribution in [3.8, 4) is 0 Å². The first kappa shape index (κ1) is 18.6. The van der Waals surface area contributed by atoms with Gasteiger partial charge in [-0.25, -0.2) is 4.98 Å². The molecule has 0 spiro atoms. The van der Waals surface area contributed by atoms with Crippen molar-refractivity contribution >= 4 is 33.4 Å². The van der Waals surface area contributed by atoms with Crippen LogP contribution in [-0.4, -0.2) is 20.4 Å². The first-order valence-electron chi connectivity index (χ1n) is 9.33. The van der Waals surface area contributed by atoms with Crippen LogP contribution in [0.5, 0.6) is 0 Å². The Bertz CT molecular complexity index is 1350. The van der Waals surface area contributed by atoms with Gasteiger partial charge in [-0.05, 0) is 35.7 Å². The quantitative estimate of drug-likeness (QED) is 0.562. The van der Waals surface area contributed by atoms with Gasteiger partial charge in [0.2, 0.25) is 11.5 Å². The van der Waals surface area contributed by atoms with E-state index in [1.165, 1.54) is 10.9 Å². The van der Waals surface area contributed by atoms with E-state index in [0.717, 1.165) is 10.9 Å². The van der Waals surface area contributed by atoms with Crippen LogP contribution in [0.3, 0.4) is 0 Å². The van der Waals surface area contributed by atoms with Gasteiger partial charge < -0.3 is 10.3 Å². The Morgan fingerprint density at radius 1 is 1.10 bits per heavy atom. The summed E-state index contributed by atoms with van der Waals surface area (Å²) in [5.41, 5.74) is 2.29. The fourth-order valence-corrected chi connectivity index (χ4v) is 3.42. The molecule has 2 aromatic carbocycles. The van der Waals surface area contributed by atoms with Crippen LogP contribution >= 0.6 is 0 Å². The highest BCUT2D eigenvalue weighted by molar-refractivity contribution is 5.94. The zero-order valence-electron chi connectivity index (χ0n) is 16.1. The van der Waals surface area contributed by atoms with Gasteiger partial charge in [0.1, 0.15) is 6.54 Å². The molecule has 146 valence electrons. The molecule has 0 saturated carbocycles. The summed E-state index contributed by atoms with van der Waals surface area (Å²) in [5, 5.41) is 4.18. The molecule has 0 aliphatic heterocycles. The Kier molecular flexibility index (Phi) is 4.72. The van der Waals surface area contributed by atoms with E-state index in [-0.39, 0.29) is 29.5 Å². The van der Waals surface area contributed by atoms with Crippen LogP contribution in [0.1, 0.15) is 25.3 Å². The number of fused-ring (bicyclic) bond motifs is 2. The SMILES string of the molecule is CC(C)c1cc(=O)[nH]c2cc(NC(=O)Cn3cnc4ccccc4c3=O)ccc12. The number of carbonyl (C=O) groups excluding carboxylic acids is 1. The molecule has 0 radical (unpaired) electrons. The first-order chi connectivity index (χ1) is 13.9. The van der Waals surface area contributed by atoms with Crippen LogP contribution in [0.15, 0.2) is 64.4 Å². The zero-order chi connectivity index (χ0) is 20.5. The summed E-state index contributed by atoms with van der Waals surface area (Å²) in [6.07, 6.45) is 1.37. The smallest absolute Gasteiger partial charge is 0.261 e. The second-order valence-corrected chi connectivity index (χ2v) is 7.25. The van der Waals surface area contributed by atoms with Crippen molar-refractivity contribution in [2.45, 2.75) is 26.3 Å². The van der Waals surface area contributed by atoms with Crippen molar-refractivity contribution in [3.05, 3.63) is 81.1 Å². The van der Waals surface area contributed by atoms with Gasteiger partial charge in [0.25, 0.3) is 5.56 Å². The Hall–Kier alpha value is -3.74. The van der Waals surface area contributed by atoms with Crippen molar-refractivity contribution in [3.63, 3.8) is 0 Å². The lowest BCUT2D eigenvalue weighted by Gasteiger charge is -2.12. The van der Waals surface area contributed by atoms with Crippen molar-refractivity contribution in [1.29, 1.82) is 0 Å². The molecule has 0 unspecified atom stereocenters. The number of para-hydroxylation sites is 1. The number of anilines is 1. The normalized spacial score (nSPS) is 11.3. The molecular formula is C22H20N4O3. The molecule has 7 nitrogen and oxygen atoms in total. The minimum absolute atomic E-state index is 0.155. The number of nitrogens with one attached hydrogen (secondary N) is 2. The first-order valence-corrected chi connectivity index (χ1v) is 9.33. The third-order valence-electron chi connectivity index (χ3n) is 4.83. The molecule has 4 rings (SSSR count). The van der Waals surface area contributed by atoms with E-state index in [1.54, 1.807) is 42.5 Å². The lowest BCUT2D eigenvalue weighted by atomic mass is 9.99. The number of aromatic nitrogens is 3. The van der Waals surface area contributed by atoms with Crippen LogP contribution in [-0.2, 0) is 11.3 Å². The highest BCUT2D eigenvalue weighted by Crippen LogP contribution is 2.24. The largest absolute Gasteiger partial charge is 0.324 e. The molecule has 29 heavy (non-hydrogen) atoms. The van der Waals surface area contributed by atoms with Gasteiger partial charge in [-0.1, -0.05) is 32.0 Å². The van der Waals surface area contributed by atoms with E-state index in [0.29, 0.717) is 22.1 Å². The fraction of sp³-hybridized carbons (Fsp3) is 0.182. The number of rotatable bonds is 4. The molecular weight excluding hydrogens is 368 g/mol. The minimum Gasteiger partial charge on any atom is -0.324 e. The fourth-order valence-electron chi connectivity index (χ4n) is 3.42. The lowest BCUT2D eigenvalue weighted by Crippen LogP contribution is -2.27. The molecule has 2 N–H and O–H groups in total. The third kappa shape index (κ3) is 3.67. The molecule has 0 saturated heterocycles. The second kappa shape index (κ2) is 7.35. The highest BCUT2D eigenvalue weighted by Gasteiger charge is 2.11.